The van der Waals surface area contributed by atoms with Gasteiger partial charge in [-0.05, 0) is 24.3 Å². The molecular formula is C15H19N. The lowest BCUT2D eigenvalue weighted by atomic mass is 9.99. The van der Waals surface area contributed by atoms with Gasteiger partial charge in [0.1, 0.15) is 0 Å². The Balaban J connectivity index is 1.78. The number of hydrogen-bond donors (Lipinski definition) is 0. The number of hydrogen-bond acceptors (Lipinski definition) is 1. The van der Waals surface area contributed by atoms with E-state index in [4.69, 9.17) is 0 Å². The predicted molar refractivity (Wildman–Crippen MR) is 67.1 cm³/mol. The molecule has 3 rings (SSSR count). The standard InChI is InChI=1S/C15H19N/c1-2-15-13-8-9-14(10-13)16(15)11-12-6-4-3-5-7-12/h3-9,13-15H,2,10-11H2,1H3. The maximum Gasteiger partial charge on any atom is 0.0291 e. The molecule has 84 valence electrons. The second kappa shape index (κ2) is 4.06. The molecule has 1 aliphatic carbocycles. The third-order valence-electron chi connectivity index (χ3n) is 4.07. The van der Waals surface area contributed by atoms with E-state index >= 15 is 0 Å². The van der Waals surface area contributed by atoms with Crippen LogP contribution in [0, 0.1) is 5.92 Å². The Morgan fingerprint density at radius 2 is 2.00 bits per heavy atom. The molecule has 0 saturated carbocycles. The maximum atomic E-state index is 2.68. The summed E-state index contributed by atoms with van der Waals surface area (Å²) < 4.78 is 0. The molecule has 1 aromatic rings. The van der Waals surface area contributed by atoms with Gasteiger partial charge in [0.2, 0.25) is 0 Å². The van der Waals surface area contributed by atoms with Gasteiger partial charge in [0.15, 0.2) is 0 Å². The molecule has 16 heavy (non-hydrogen) atoms. The Morgan fingerprint density at radius 1 is 1.19 bits per heavy atom. The minimum absolute atomic E-state index is 0.704. The summed E-state index contributed by atoms with van der Waals surface area (Å²) >= 11 is 0. The Hall–Kier alpha value is -1.08. The van der Waals surface area contributed by atoms with Crippen LogP contribution in [0.5, 0.6) is 0 Å². The van der Waals surface area contributed by atoms with Gasteiger partial charge in [0.05, 0.1) is 0 Å². The highest BCUT2D eigenvalue weighted by Gasteiger charge is 2.40. The minimum Gasteiger partial charge on any atom is -0.289 e. The lowest BCUT2D eigenvalue weighted by Gasteiger charge is -2.31. The van der Waals surface area contributed by atoms with Crippen LogP contribution in [0.25, 0.3) is 0 Å². The Morgan fingerprint density at radius 3 is 2.75 bits per heavy atom. The van der Waals surface area contributed by atoms with Crippen LogP contribution in [0.2, 0.25) is 0 Å². The number of likely N-dealkylation sites (tertiary alicyclic amines) is 1. The zero-order valence-electron chi connectivity index (χ0n) is 9.84. The van der Waals surface area contributed by atoms with Gasteiger partial charge in [-0.25, -0.2) is 0 Å². The topological polar surface area (TPSA) is 3.24 Å². The van der Waals surface area contributed by atoms with E-state index in [1.807, 2.05) is 0 Å². The van der Waals surface area contributed by atoms with Crippen molar-refractivity contribution in [3.63, 3.8) is 0 Å². The lowest BCUT2D eigenvalue weighted by molar-refractivity contribution is 0.185. The van der Waals surface area contributed by atoms with Crippen LogP contribution in [0.15, 0.2) is 42.5 Å². The first-order chi connectivity index (χ1) is 7.88. The summed E-state index contributed by atoms with van der Waals surface area (Å²) in [5.74, 6) is 0.818. The van der Waals surface area contributed by atoms with Crippen LogP contribution in [0.3, 0.4) is 0 Å². The second-order valence-corrected chi connectivity index (χ2v) is 4.99. The normalized spacial score (nSPS) is 32.4. The lowest BCUT2D eigenvalue weighted by Crippen LogP contribution is -2.37. The molecular weight excluding hydrogens is 194 g/mol. The summed E-state index contributed by atoms with van der Waals surface area (Å²) in [6.45, 7) is 3.43. The van der Waals surface area contributed by atoms with E-state index in [1.165, 1.54) is 18.4 Å². The summed E-state index contributed by atoms with van der Waals surface area (Å²) in [5, 5.41) is 0. The van der Waals surface area contributed by atoms with E-state index in [1.54, 1.807) is 0 Å². The fourth-order valence-electron chi connectivity index (χ4n) is 3.30. The van der Waals surface area contributed by atoms with Crippen molar-refractivity contribution in [3.8, 4) is 0 Å². The fraction of sp³-hybridized carbons (Fsp3) is 0.467. The average molecular weight is 213 g/mol. The molecule has 2 bridgehead atoms. The van der Waals surface area contributed by atoms with E-state index in [2.05, 4.69) is 54.3 Å². The van der Waals surface area contributed by atoms with Crippen molar-refractivity contribution in [1.82, 2.24) is 4.90 Å². The van der Waals surface area contributed by atoms with E-state index in [0.29, 0.717) is 6.04 Å². The van der Waals surface area contributed by atoms with Crippen LogP contribution in [0.1, 0.15) is 25.3 Å². The summed E-state index contributed by atoms with van der Waals surface area (Å²) in [4.78, 5) is 2.68. The molecule has 1 heteroatoms. The van der Waals surface area contributed by atoms with Gasteiger partial charge in [0, 0.05) is 18.6 Å². The number of nitrogens with zero attached hydrogens (tertiary/aromatic N) is 1. The molecule has 3 atom stereocenters. The van der Waals surface area contributed by atoms with Crippen molar-refractivity contribution in [1.29, 1.82) is 0 Å². The van der Waals surface area contributed by atoms with Crippen molar-refractivity contribution >= 4 is 0 Å². The average Bonchev–Trinajstić information content (AvgIpc) is 2.91. The zero-order valence-corrected chi connectivity index (χ0v) is 9.84. The monoisotopic (exact) mass is 213 g/mol. The summed E-state index contributed by atoms with van der Waals surface area (Å²) in [6, 6.07) is 12.3. The first-order valence-electron chi connectivity index (χ1n) is 6.36. The molecule has 1 heterocycles. The van der Waals surface area contributed by atoms with E-state index in [-0.39, 0.29) is 0 Å². The molecule has 0 N–H and O–H groups in total. The smallest absolute Gasteiger partial charge is 0.0291 e. The molecule has 3 unspecified atom stereocenters. The first-order valence-corrected chi connectivity index (χ1v) is 6.36. The summed E-state index contributed by atoms with van der Waals surface area (Å²) in [6.07, 6.45) is 7.46. The molecule has 1 aliphatic heterocycles. The van der Waals surface area contributed by atoms with Gasteiger partial charge < -0.3 is 0 Å². The van der Waals surface area contributed by atoms with E-state index in [0.717, 1.165) is 18.5 Å². The molecule has 0 amide bonds. The zero-order chi connectivity index (χ0) is 11.0. The SMILES string of the molecule is CCC1C2C=CC(C2)N1Cc1ccccc1. The van der Waals surface area contributed by atoms with Crippen LogP contribution in [-0.2, 0) is 6.54 Å². The van der Waals surface area contributed by atoms with Gasteiger partial charge in [0.25, 0.3) is 0 Å². The van der Waals surface area contributed by atoms with Crippen molar-refractivity contribution in [2.75, 3.05) is 0 Å². The number of fused-ring (bicyclic) bond motifs is 2. The van der Waals surface area contributed by atoms with Crippen LogP contribution >= 0.6 is 0 Å². The van der Waals surface area contributed by atoms with Crippen LogP contribution < -0.4 is 0 Å². The summed E-state index contributed by atoms with van der Waals surface area (Å²) in [5.41, 5.74) is 1.45. The van der Waals surface area contributed by atoms with Crippen molar-refractivity contribution < 1.29 is 0 Å². The molecule has 1 aromatic carbocycles. The largest absolute Gasteiger partial charge is 0.289 e. The third kappa shape index (κ3) is 1.60. The minimum atomic E-state index is 0.704. The molecule has 0 spiro atoms. The number of benzene rings is 1. The van der Waals surface area contributed by atoms with Crippen molar-refractivity contribution in [2.24, 2.45) is 5.92 Å². The quantitative estimate of drug-likeness (QED) is 0.697. The van der Waals surface area contributed by atoms with Gasteiger partial charge in [-0.15, -0.1) is 0 Å². The number of rotatable bonds is 3. The van der Waals surface area contributed by atoms with Gasteiger partial charge >= 0.3 is 0 Å². The fourth-order valence-corrected chi connectivity index (χ4v) is 3.30. The van der Waals surface area contributed by atoms with Crippen LogP contribution in [-0.4, -0.2) is 17.0 Å². The van der Waals surface area contributed by atoms with Crippen LogP contribution in [0.4, 0.5) is 0 Å². The van der Waals surface area contributed by atoms with Crippen molar-refractivity contribution in [2.45, 2.75) is 38.4 Å². The molecule has 1 saturated heterocycles. The van der Waals surface area contributed by atoms with Crippen molar-refractivity contribution in [3.05, 3.63) is 48.0 Å². The molecule has 1 fully saturated rings. The third-order valence-corrected chi connectivity index (χ3v) is 4.07. The Labute approximate surface area is 97.8 Å². The maximum absolute atomic E-state index is 2.68. The second-order valence-electron chi connectivity index (χ2n) is 4.99. The molecule has 1 nitrogen and oxygen atoms in total. The summed E-state index contributed by atoms with van der Waals surface area (Å²) in [7, 11) is 0. The molecule has 2 aliphatic rings. The highest BCUT2D eigenvalue weighted by Crippen LogP contribution is 2.39. The Bertz CT molecular complexity index is 382. The highest BCUT2D eigenvalue weighted by atomic mass is 15.2. The van der Waals surface area contributed by atoms with E-state index in [9.17, 15) is 0 Å². The first kappa shape index (κ1) is 10.1. The van der Waals surface area contributed by atoms with Gasteiger partial charge in [-0.3, -0.25) is 4.90 Å². The predicted octanol–water partition coefficient (Wildman–Crippen LogP) is 3.23. The van der Waals surface area contributed by atoms with Gasteiger partial charge in [-0.2, -0.15) is 0 Å². The Kier molecular flexibility index (Phi) is 2.56. The molecule has 0 aromatic heterocycles. The van der Waals surface area contributed by atoms with E-state index < -0.39 is 0 Å². The molecule has 0 radical (unpaired) electrons. The van der Waals surface area contributed by atoms with Gasteiger partial charge in [-0.1, -0.05) is 49.4 Å². The highest BCUT2D eigenvalue weighted by molar-refractivity contribution is 5.20.